The van der Waals surface area contributed by atoms with Gasteiger partial charge in [-0.2, -0.15) is 13.9 Å². The third-order valence-corrected chi connectivity index (χ3v) is 3.00. The highest BCUT2D eigenvalue weighted by atomic mass is 32.2. The number of hydrogen-bond donors (Lipinski definition) is 1. The molecule has 1 heterocycles. The fourth-order valence-electron chi connectivity index (χ4n) is 1.31. The van der Waals surface area contributed by atoms with Crippen LogP contribution < -0.4 is 0 Å². The van der Waals surface area contributed by atoms with Crippen LogP contribution in [-0.4, -0.2) is 16.0 Å². The molecule has 0 unspecified atom stereocenters. The van der Waals surface area contributed by atoms with E-state index in [0.717, 1.165) is 11.3 Å². The average molecular weight is 270 g/mol. The summed E-state index contributed by atoms with van der Waals surface area (Å²) in [5.74, 6) is -2.40. The van der Waals surface area contributed by atoms with E-state index in [1.807, 2.05) is 0 Å². The molecule has 0 aliphatic rings. The summed E-state index contributed by atoms with van der Waals surface area (Å²) in [5, 5.41) is 6.74. The Hall–Kier alpha value is -1.27. The van der Waals surface area contributed by atoms with E-state index < -0.39 is 5.76 Å². The monoisotopic (exact) mass is 270 g/mol. The van der Waals surface area contributed by atoms with Gasteiger partial charge in [0.2, 0.25) is 0 Å². The molecule has 0 aliphatic heterocycles. The molecule has 0 bridgehead atoms. The molecule has 0 spiro atoms. The van der Waals surface area contributed by atoms with Crippen molar-refractivity contribution in [2.24, 2.45) is 0 Å². The van der Waals surface area contributed by atoms with E-state index in [9.17, 15) is 8.78 Å². The predicted octanol–water partition coefficient (Wildman–Crippen LogP) is 4.12. The number of aromatic nitrogens is 2. The second kappa shape index (κ2) is 5.37. The lowest BCUT2D eigenvalue weighted by Crippen LogP contribution is -1.87. The van der Waals surface area contributed by atoms with Crippen molar-refractivity contribution in [3.05, 3.63) is 41.0 Å². The molecule has 0 radical (unpaired) electrons. The van der Waals surface area contributed by atoms with Gasteiger partial charge in [-0.3, -0.25) is 5.10 Å². The molecule has 0 saturated heterocycles. The van der Waals surface area contributed by atoms with Gasteiger partial charge in [-0.05, 0) is 24.3 Å². The largest absolute Gasteiger partial charge is 0.288 e. The number of rotatable bonds is 3. The number of halogens is 2. The van der Waals surface area contributed by atoms with Crippen molar-refractivity contribution in [2.45, 2.75) is 10.7 Å². The third-order valence-electron chi connectivity index (χ3n) is 2.05. The van der Waals surface area contributed by atoms with Crippen LogP contribution in [0.5, 0.6) is 0 Å². The second-order valence-electron chi connectivity index (χ2n) is 3.21. The number of benzene rings is 1. The van der Waals surface area contributed by atoms with Gasteiger partial charge < -0.3 is 0 Å². The van der Waals surface area contributed by atoms with Crippen LogP contribution in [0.2, 0.25) is 0 Å². The Kier molecular flexibility index (Phi) is 3.86. The van der Waals surface area contributed by atoms with Crippen LogP contribution in [0.25, 0.3) is 11.3 Å². The Morgan fingerprint density at radius 3 is 2.35 bits per heavy atom. The smallest absolute Gasteiger partial charge is 0.267 e. The van der Waals surface area contributed by atoms with Crippen molar-refractivity contribution in [3.63, 3.8) is 0 Å². The van der Waals surface area contributed by atoms with Gasteiger partial charge in [0.1, 0.15) is 4.64 Å². The van der Waals surface area contributed by atoms with Gasteiger partial charge in [-0.25, -0.2) is 0 Å². The van der Waals surface area contributed by atoms with Crippen LogP contribution >= 0.6 is 24.0 Å². The van der Waals surface area contributed by atoms with Crippen LogP contribution in [-0.2, 0) is 0 Å². The summed E-state index contributed by atoms with van der Waals surface area (Å²) < 4.78 is 24.8. The molecular formula is C11H8F2N2S2. The minimum Gasteiger partial charge on any atom is -0.267 e. The molecule has 6 heteroatoms. The highest BCUT2D eigenvalue weighted by molar-refractivity contribution is 7.99. The highest BCUT2D eigenvalue weighted by Gasteiger charge is 2.05. The Balaban J connectivity index is 2.23. The maximum Gasteiger partial charge on any atom is 0.288 e. The molecule has 0 fully saturated rings. The molecule has 0 atom stereocenters. The molecule has 0 amide bonds. The third kappa shape index (κ3) is 3.34. The average Bonchev–Trinajstić information content (AvgIpc) is 2.30. The van der Waals surface area contributed by atoms with E-state index in [4.69, 9.17) is 12.2 Å². The van der Waals surface area contributed by atoms with Gasteiger partial charge in [0, 0.05) is 10.5 Å². The molecule has 2 nitrogen and oxygen atoms in total. The van der Waals surface area contributed by atoms with E-state index in [-0.39, 0.29) is 0 Å². The lowest BCUT2D eigenvalue weighted by molar-refractivity contribution is 0.252. The zero-order valence-corrected chi connectivity index (χ0v) is 10.2. The maximum absolute atomic E-state index is 12.1. The Morgan fingerprint density at radius 2 is 1.82 bits per heavy atom. The molecule has 2 aromatic rings. The van der Waals surface area contributed by atoms with Crippen molar-refractivity contribution < 1.29 is 8.78 Å². The molecule has 0 aliphatic carbocycles. The van der Waals surface area contributed by atoms with Crippen molar-refractivity contribution >= 4 is 24.0 Å². The first-order chi connectivity index (χ1) is 8.15. The lowest BCUT2D eigenvalue weighted by atomic mass is 10.1. The molecule has 0 saturated carbocycles. The topological polar surface area (TPSA) is 28.7 Å². The maximum atomic E-state index is 12.1. The lowest BCUT2D eigenvalue weighted by Gasteiger charge is -2.02. The molecule has 1 aromatic heterocycles. The Morgan fingerprint density at radius 1 is 1.12 bits per heavy atom. The Labute approximate surface area is 106 Å². The molecule has 17 heavy (non-hydrogen) atoms. The molecular weight excluding hydrogens is 262 g/mol. The van der Waals surface area contributed by atoms with Crippen molar-refractivity contribution in [1.29, 1.82) is 0 Å². The van der Waals surface area contributed by atoms with Crippen LogP contribution in [0.4, 0.5) is 8.78 Å². The number of alkyl halides is 2. The number of aromatic amines is 1. The number of H-pyrrole nitrogens is 1. The fourth-order valence-corrected chi connectivity index (χ4v) is 1.93. The fraction of sp³-hybridized carbons (Fsp3) is 0.0909. The molecule has 1 N–H and O–H groups in total. The summed E-state index contributed by atoms with van der Waals surface area (Å²) in [6.45, 7) is 0. The zero-order chi connectivity index (χ0) is 12.3. The summed E-state index contributed by atoms with van der Waals surface area (Å²) in [6, 6.07) is 10.3. The minimum atomic E-state index is -2.40. The number of hydrogen-bond acceptors (Lipinski definition) is 3. The summed E-state index contributed by atoms with van der Waals surface area (Å²) in [5.41, 5.74) is 1.59. The number of thioether (sulfide) groups is 1. The van der Waals surface area contributed by atoms with Crippen molar-refractivity contribution in [1.82, 2.24) is 10.2 Å². The second-order valence-corrected chi connectivity index (χ2v) is 4.71. The Bertz CT molecular complexity index is 532. The predicted molar refractivity (Wildman–Crippen MR) is 66.7 cm³/mol. The van der Waals surface area contributed by atoms with E-state index >= 15 is 0 Å². The van der Waals surface area contributed by atoms with Gasteiger partial charge in [0.05, 0.1) is 5.69 Å². The first-order valence-electron chi connectivity index (χ1n) is 4.76. The molecule has 1 aromatic carbocycles. The van der Waals surface area contributed by atoms with E-state index in [1.54, 1.807) is 36.4 Å². The van der Waals surface area contributed by atoms with Gasteiger partial charge in [0.15, 0.2) is 0 Å². The van der Waals surface area contributed by atoms with E-state index in [1.165, 1.54) is 0 Å². The highest BCUT2D eigenvalue weighted by Crippen LogP contribution is 2.27. The normalized spacial score (nSPS) is 10.8. The number of nitrogens with zero attached hydrogens (tertiary/aromatic N) is 1. The van der Waals surface area contributed by atoms with E-state index in [0.29, 0.717) is 21.3 Å². The summed E-state index contributed by atoms with van der Waals surface area (Å²) in [4.78, 5) is 0.535. The quantitative estimate of drug-likeness (QED) is 0.672. The van der Waals surface area contributed by atoms with Gasteiger partial charge >= 0.3 is 0 Å². The minimum absolute atomic E-state index is 0.527. The van der Waals surface area contributed by atoms with Crippen molar-refractivity contribution in [2.75, 3.05) is 0 Å². The first kappa shape index (κ1) is 12.2. The van der Waals surface area contributed by atoms with Gasteiger partial charge in [-0.1, -0.05) is 36.1 Å². The first-order valence-corrected chi connectivity index (χ1v) is 6.05. The van der Waals surface area contributed by atoms with Gasteiger partial charge in [0.25, 0.3) is 5.76 Å². The summed E-state index contributed by atoms with van der Waals surface area (Å²) in [7, 11) is 0. The van der Waals surface area contributed by atoms with Crippen LogP contribution in [0.15, 0.2) is 41.3 Å². The number of nitrogens with one attached hydrogen (secondary N) is 1. The van der Waals surface area contributed by atoms with Crippen LogP contribution in [0.3, 0.4) is 0 Å². The van der Waals surface area contributed by atoms with Gasteiger partial charge in [-0.15, -0.1) is 0 Å². The SMILES string of the molecule is FC(F)Sc1ccc(-c2ccc(=S)[nH]n2)cc1. The van der Waals surface area contributed by atoms with Crippen molar-refractivity contribution in [3.8, 4) is 11.3 Å². The van der Waals surface area contributed by atoms with Crippen LogP contribution in [0.1, 0.15) is 0 Å². The van der Waals surface area contributed by atoms with Crippen LogP contribution in [0, 0.1) is 4.64 Å². The zero-order valence-electron chi connectivity index (χ0n) is 8.56. The van der Waals surface area contributed by atoms with E-state index in [2.05, 4.69) is 10.2 Å². The molecule has 88 valence electrons. The summed E-state index contributed by atoms with van der Waals surface area (Å²) in [6.07, 6.45) is 0. The molecule has 2 rings (SSSR count). The summed E-state index contributed by atoms with van der Waals surface area (Å²) >= 11 is 5.41. The standard InChI is InChI=1S/C11H8F2N2S2/c12-11(13)17-8-3-1-7(2-4-8)9-5-6-10(16)15-14-9/h1-6,11H,(H,15,16).